The van der Waals surface area contributed by atoms with Crippen LogP contribution >= 0.6 is 23.1 Å². The second-order valence-electron chi connectivity index (χ2n) is 7.77. The number of benzene rings is 3. The van der Waals surface area contributed by atoms with Crippen molar-refractivity contribution in [3.05, 3.63) is 77.4 Å². The van der Waals surface area contributed by atoms with Gasteiger partial charge < -0.3 is 25.6 Å². The van der Waals surface area contributed by atoms with E-state index in [1.54, 1.807) is 24.3 Å². The number of aromatic carboxylic acids is 2. The Morgan fingerprint density at radius 1 is 0.921 bits per heavy atom. The molecule has 4 N–H and O–H groups in total. The van der Waals surface area contributed by atoms with E-state index >= 15 is 0 Å². The molecule has 0 bridgehead atoms. The Morgan fingerprint density at radius 3 is 2.37 bits per heavy atom. The van der Waals surface area contributed by atoms with Crippen LogP contribution in [0.3, 0.4) is 0 Å². The van der Waals surface area contributed by atoms with E-state index in [1.807, 2.05) is 25.1 Å². The number of nitrogens with zero attached hydrogens (tertiary/aromatic N) is 1. The van der Waals surface area contributed by atoms with Gasteiger partial charge in [-0.25, -0.2) is 14.6 Å². The van der Waals surface area contributed by atoms with Crippen molar-refractivity contribution < 1.29 is 34.1 Å². The summed E-state index contributed by atoms with van der Waals surface area (Å²) >= 11 is 2.66. The van der Waals surface area contributed by atoms with Crippen molar-refractivity contribution in [2.24, 2.45) is 0 Å². The first kappa shape index (κ1) is 26.6. The summed E-state index contributed by atoms with van der Waals surface area (Å²) < 4.78 is 6.40. The third-order valence-corrected chi connectivity index (χ3v) is 7.09. The van der Waals surface area contributed by atoms with Gasteiger partial charge in [0.05, 0.1) is 39.3 Å². The number of fused-ring (bicyclic) bond motifs is 1. The summed E-state index contributed by atoms with van der Waals surface area (Å²) in [5, 5.41) is 24.3. The molecular weight excluding hydrogens is 530 g/mol. The number of carboxylic acids is 2. The van der Waals surface area contributed by atoms with Gasteiger partial charge in [-0.05, 0) is 67.6 Å². The van der Waals surface area contributed by atoms with Crippen molar-refractivity contribution in [2.45, 2.75) is 11.8 Å². The average Bonchev–Trinajstić information content (AvgIpc) is 3.29. The van der Waals surface area contributed by atoms with Crippen LogP contribution in [0.1, 0.15) is 38.0 Å². The average molecular weight is 552 g/mol. The quantitative estimate of drug-likeness (QED) is 0.198. The van der Waals surface area contributed by atoms with Crippen LogP contribution in [0.15, 0.2) is 65.6 Å². The maximum absolute atomic E-state index is 12.6. The fourth-order valence-corrected chi connectivity index (χ4v) is 5.01. The van der Waals surface area contributed by atoms with Gasteiger partial charge in [0, 0.05) is 10.6 Å². The predicted octanol–water partition coefficient (Wildman–Crippen LogP) is 5.07. The Labute approximate surface area is 224 Å². The number of carbonyl (C=O) groups is 4. The molecule has 0 fully saturated rings. The minimum absolute atomic E-state index is 0.143. The van der Waals surface area contributed by atoms with Crippen molar-refractivity contribution in [1.82, 2.24) is 4.98 Å². The van der Waals surface area contributed by atoms with Crippen molar-refractivity contribution in [3.63, 3.8) is 0 Å². The fourth-order valence-electron chi connectivity index (χ4n) is 3.40. The highest BCUT2D eigenvalue weighted by Gasteiger charge is 2.19. The van der Waals surface area contributed by atoms with Gasteiger partial charge in [-0.3, -0.25) is 9.59 Å². The number of rotatable bonds is 10. The second-order valence-corrected chi connectivity index (χ2v) is 9.85. The van der Waals surface area contributed by atoms with Crippen LogP contribution in [0.25, 0.3) is 10.2 Å². The van der Waals surface area contributed by atoms with Gasteiger partial charge in [0.25, 0.3) is 5.91 Å². The van der Waals surface area contributed by atoms with E-state index < -0.39 is 23.4 Å². The first-order valence-corrected chi connectivity index (χ1v) is 13.0. The number of hydrogen-bond acceptors (Lipinski definition) is 8. The molecule has 194 valence electrons. The van der Waals surface area contributed by atoms with Crippen molar-refractivity contribution >= 4 is 67.9 Å². The number of ether oxygens (including phenoxy) is 1. The maximum atomic E-state index is 12.6. The van der Waals surface area contributed by atoms with Gasteiger partial charge in [0.2, 0.25) is 5.91 Å². The van der Waals surface area contributed by atoms with E-state index in [4.69, 9.17) is 9.84 Å². The molecule has 0 saturated carbocycles. The van der Waals surface area contributed by atoms with Gasteiger partial charge in [-0.15, -0.1) is 11.8 Å². The number of nitrogens with one attached hydrogen (secondary N) is 2. The third-order valence-electron chi connectivity index (χ3n) is 5.14. The van der Waals surface area contributed by atoms with Gasteiger partial charge in [-0.1, -0.05) is 11.3 Å². The van der Waals surface area contributed by atoms with Crippen molar-refractivity contribution in [1.29, 1.82) is 0 Å². The zero-order valence-corrected chi connectivity index (χ0v) is 21.5. The first-order valence-electron chi connectivity index (χ1n) is 11.2. The largest absolute Gasteiger partial charge is 0.494 e. The lowest BCUT2D eigenvalue weighted by molar-refractivity contribution is -0.113. The van der Waals surface area contributed by atoms with Crippen LogP contribution in [0.2, 0.25) is 0 Å². The summed E-state index contributed by atoms with van der Waals surface area (Å²) in [5.74, 6) is -2.73. The molecule has 10 nitrogen and oxygen atoms in total. The van der Waals surface area contributed by atoms with Gasteiger partial charge in [0.15, 0.2) is 5.13 Å². The first-order chi connectivity index (χ1) is 18.2. The molecule has 2 amide bonds. The highest BCUT2D eigenvalue weighted by atomic mass is 32.2. The SMILES string of the molecule is CCOc1ccc2nc(NC(=O)CSc3ccc(NC(=O)c4ccc(C(=O)O)cc4C(=O)O)cc3)sc2c1. The van der Waals surface area contributed by atoms with Crippen molar-refractivity contribution in [2.75, 3.05) is 23.0 Å². The smallest absolute Gasteiger partial charge is 0.336 e. The molecule has 38 heavy (non-hydrogen) atoms. The van der Waals surface area contributed by atoms with E-state index in [-0.39, 0.29) is 22.8 Å². The van der Waals surface area contributed by atoms with E-state index in [0.29, 0.717) is 17.4 Å². The molecule has 3 aromatic carbocycles. The molecule has 0 aliphatic heterocycles. The molecule has 4 rings (SSSR count). The monoisotopic (exact) mass is 551 g/mol. The van der Waals surface area contributed by atoms with Crippen LogP contribution in [0.4, 0.5) is 10.8 Å². The molecule has 0 aliphatic rings. The number of aromatic nitrogens is 1. The fraction of sp³-hybridized carbons (Fsp3) is 0.115. The molecule has 1 heterocycles. The molecule has 0 aliphatic carbocycles. The Hall–Kier alpha value is -4.42. The lowest BCUT2D eigenvalue weighted by Gasteiger charge is -2.09. The Kier molecular flexibility index (Phi) is 8.24. The summed E-state index contributed by atoms with van der Waals surface area (Å²) in [5.41, 5.74) is 0.365. The third kappa shape index (κ3) is 6.47. The molecule has 1 aromatic heterocycles. The zero-order chi connectivity index (χ0) is 27.2. The van der Waals surface area contributed by atoms with Gasteiger partial charge in [0.1, 0.15) is 5.75 Å². The van der Waals surface area contributed by atoms with Crippen LogP contribution in [0.5, 0.6) is 5.75 Å². The number of thioether (sulfide) groups is 1. The number of thiazole rings is 1. The zero-order valence-electron chi connectivity index (χ0n) is 19.9. The number of anilines is 2. The normalized spacial score (nSPS) is 10.7. The summed E-state index contributed by atoms with van der Waals surface area (Å²) in [4.78, 5) is 52.9. The number of carbonyl (C=O) groups excluding carboxylic acids is 2. The maximum Gasteiger partial charge on any atom is 0.336 e. The number of hydrogen-bond donors (Lipinski definition) is 4. The van der Waals surface area contributed by atoms with Crippen LogP contribution < -0.4 is 15.4 Å². The van der Waals surface area contributed by atoms with E-state index in [2.05, 4.69) is 15.6 Å². The van der Waals surface area contributed by atoms with Crippen molar-refractivity contribution in [3.8, 4) is 5.75 Å². The molecular formula is C26H21N3O7S2. The topological polar surface area (TPSA) is 155 Å². The Bertz CT molecular complexity index is 1530. The highest BCUT2D eigenvalue weighted by molar-refractivity contribution is 8.00. The standard InChI is InChI=1S/C26H21N3O7S2/c1-2-36-16-6-10-20-21(12-16)38-26(28-20)29-22(30)13-37-17-7-4-15(5-8-17)27-23(31)18-9-3-14(24(32)33)11-19(18)25(34)35/h3-12H,2,13H2,1H3,(H,27,31)(H,32,33)(H,34,35)(H,28,29,30). The number of carboxylic acid groups (broad SMARTS) is 2. The Morgan fingerprint density at radius 2 is 1.68 bits per heavy atom. The summed E-state index contributed by atoms with van der Waals surface area (Å²) in [6.07, 6.45) is 0. The van der Waals surface area contributed by atoms with Gasteiger partial charge in [-0.2, -0.15) is 0 Å². The summed E-state index contributed by atoms with van der Waals surface area (Å²) in [7, 11) is 0. The predicted molar refractivity (Wildman–Crippen MR) is 145 cm³/mol. The van der Waals surface area contributed by atoms with Crippen LogP contribution in [-0.2, 0) is 4.79 Å². The molecule has 0 atom stereocenters. The van der Waals surface area contributed by atoms with E-state index in [1.165, 1.54) is 29.2 Å². The summed E-state index contributed by atoms with van der Waals surface area (Å²) in [6, 6.07) is 15.5. The van der Waals surface area contributed by atoms with E-state index in [0.717, 1.165) is 33.0 Å². The molecule has 0 spiro atoms. The highest BCUT2D eigenvalue weighted by Crippen LogP contribution is 2.30. The Balaban J connectivity index is 1.33. The number of amides is 2. The molecule has 0 unspecified atom stereocenters. The molecule has 4 aromatic rings. The molecule has 0 saturated heterocycles. The van der Waals surface area contributed by atoms with Gasteiger partial charge >= 0.3 is 11.9 Å². The molecule has 12 heteroatoms. The minimum atomic E-state index is -1.41. The lowest BCUT2D eigenvalue weighted by atomic mass is 10.0. The second kappa shape index (κ2) is 11.8. The minimum Gasteiger partial charge on any atom is -0.494 e. The van der Waals surface area contributed by atoms with Crippen LogP contribution in [0, 0.1) is 0 Å². The molecule has 0 radical (unpaired) electrons. The van der Waals surface area contributed by atoms with E-state index in [9.17, 15) is 24.3 Å². The summed E-state index contributed by atoms with van der Waals surface area (Å²) in [6.45, 7) is 2.47. The lowest BCUT2D eigenvalue weighted by Crippen LogP contribution is -2.17. The van der Waals surface area contributed by atoms with Crippen LogP contribution in [-0.4, -0.2) is 51.3 Å².